The predicted octanol–water partition coefficient (Wildman–Crippen LogP) is 3.25. The van der Waals surface area contributed by atoms with Gasteiger partial charge in [0.05, 0.1) is 0 Å². The molecule has 0 radical (unpaired) electrons. The zero-order chi connectivity index (χ0) is 22.3. The van der Waals surface area contributed by atoms with Crippen molar-refractivity contribution in [2.75, 3.05) is 32.7 Å². The van der Waals surface area contributed by atoms with E-state index in [1.165, 1.54) is 15.3 Å². The zero-order valence-corrected chi connectivity index (χ0v) is 19.5. The van der Waals surface area contributed by atoms with Crippen molar-refractivity contribution in [2.45, 2.75) is 45.6 Å². The van der Waals surface area contributed by atoms with Crippen molar-refractivity contribution < 1.29 is 13.2 Å². The monoisotopic (exact) mass is 445 g/mol. The molecule has 1 N–H and O–H groups in total. The van der Waals surface area contributed by atoms with Crippen LogP contribution in [0.1, 0.15) is 45.1 Å². The van der Waals surface area contributed by atoms with E-state index in [9.17, 15) is 13.2 Å². The highest BCUT2D eigenvalue weighted by atomic mass is 32.2. The fourth-order valence-corrected chi connectivity index (χ4v) is 5.30. The van der Waals surface area contributed by atoms with Crippen molar-refractivity contribution in [3.05, 3.63) is 53.0 Å². The summed E-state index contributed by atoms with van der Waals surface area (Å²) in [7, 11) is -3.46. The number of benzene rings is 1. The molecule has 170 valence electrons. The van der Waals surface area contributed by atoms with Crippen molar-refractivity contribution >= 4 is 22.0 Å². The van der Waals surface area contributed by atoms with Crippen LogP contribution in [-0.4, -0.2) is 62.3 Å². The Bertz CT molecular complexity index is 876. The lowest BCUT2D eigenvalue weighted by molar-refractivity contribution is -0.127. The quantitative estimate of drug-likeness (QED) is 0.654. The number of nitrogens with zero attached hydrogens (tertiary/aromatic N) is 2. The number of rotatable bonds is 7. The van der Waals surface area contributed by atoms with Gasteiger partial charge in [-0.25, -0.2) is 8.42 Å². The maximum atomic E-state index is 12.7. The topological polar surface area (TPSA) is 69.7 Å². The Kier molecular flexibility index (Phi) is 8.46. The van der Waals surface area contributed by atoms with E-state index in [0.717, 1.165) is 38.0 Å². The van der Waals surface area contributed by atoms with Gasteiger partial charge in [0.2, 0.25) is 15.9 Å². The number of likely N-dealkylation sites (tertiary alicyclic amines) is 1. The summed E-state index contributed by atoms with van der Waals surface area (Å²) in [6, 6.07) is 9.62. The van der Waals surface area contributed by atoms with Gasteiger partial charge in [0.15, 0.2) is 0 Å². The molecule has 2 heterocycles. The van der Waals surface area contributed by atoms with Gasteiger partial charge in [0.1, 0.15) is 0 Å². The first-order chi connectivity index (χ1) is 14.8. The molecule has 1 aromatic carbocycles. The molecule has 31 heavy (non-hydrogen) atoms. The molecular formula is C24H35N3O3S. The standard InChI is InChI=1S/C24H35N3O3S/c1-20(2)8-14-26-15-11-23(12-16-26)25-24(28)22-9-17-27(18-10-22)31(29,30)19-13-21-6-4-3-5-7-21/h3-8,13,19,22-23H,9-12,14-18H2,1-2H3,(H,25,28)/b19-13+. The molecule has 0 spiro atoms. The second-order valence-electron chi connectivity index (χ2n) is 8.80. The van der Waals surface area contributed by atoms with Gasteiger partial charge in [-0.1, -0.05) is 42.0 Å². The molecule has 2 aliphatic rings. The average Bonchev–Trinajstić information content (AvgIpc) is 2.78. The van der Waals surface area contributed by atoms with Crippen molar-refractivity contribution in [2.24, 2.45) is 5.92 Å². The van der Waals surface area contributed by atoms with Crippen molar-refractivity contribution in [3.8, 4) is 0 Å². The molecule has 0 saturated carbocycles. The molecule has 2 saturated heterocycles. The first-order valence-corrected chi connectivity index (χ1v) is 12.7. The molecule has 0 bridgehead atoms. The Morgan fingerprint density at radius 1 is 1.03 bits per heavy atom. The summed E-state index contributed by atoms with van der Waals surface area (Å²) in [6.07, 6.45) is 6.96. The SMILES string of the molecule is CC(C)=CCN1CCC(NC(=O)C2CCN(S(=O)(=O)/C=C/c3ccccc3)CC2)CC1. The molecular weight excluding hydrogens is 410 g/mol. The average molecular weight is 446 g/mol. The molecule has 0 aromatic heterocycles. The van der Waals surface area contributed by atoms with Crippen LogP contribution in [0.2, 0.25) is 0 Å². The van der Waals surface area contributed by atoms with Crippen molar-refractivity contribution in [1.29, 1.82) is 0 Å². The highest BCUT2D eigenvalue weighted by Gasteiger charge is 2.31. The molecule has 1 amide bonds. The maximum absolute atomic E-state index is 12.7. The third-order valence-electron chi connectivity index (χ3n) is 6.11. The second-order valence-corrected chi connectivity index (χ2v) is 10.6. The predicted molar refractivity (Wildman–Crippen MR) is 126 cm³/mol. The summed E-state index contributed by atoms with van der Waals surface area (Å²) in [6.45, 7) is 7.99. The van der Waals surface area contributed by atoms with Crippen LogP contribution < -0.4 is 5.32 Å². The van der Waals surface area contributed by atoms with Crippen LogP contribution in [0.3, 0.4) is 0 Å². The van der Waals surface area contributed by atoms with E-state index in [2.05, 4.69) is 30.1 Å². The second kappa shape index (κ2) is 11.1. The van der Waals surface area contributed by atoms with Crippen LogP contribution in [0.25, 0.3) is 6.08 Å². The van der Waals surface area contributed by atoms with Crippen LogP contribution in [0.5, 0.6) is 0 Å². The molecule has 7 heteroatoms. The van der Waals surface area contributed by atoms with Gasteiger partial charge in [-0.3, -0.25) is 9.69 Å². The number of hydrogen-bond acceptors (Lipinski definition) is 4. The number of amides is 1. The summed E-state index contributed by atoms with van der Waals surface area (Å²) in [5.41, 5.74) is 2.19. The fraction of sp³-hybridized carbons (Fsp3) is 0.542. The van der Waals surface area contributed by atoms with E-state index < -0.39 is 10.0 Å². The highest BCUT2D eigenvalue weighted by Crippen LogP contribution is 2.22. The Morgan fingerprint density at radius 3 is 2.29 bits per heavy atom. The van der Waals surface area contributed by atoms with Gasteiger partial charge in [-0.15, -0.1) is 0 Å². The van der Waals surface area contributed by atoms with Gasteiger partial charge in [0.25, 0.3) is 0 Å². The lowest BCUT2D eigenvalue weighted by Crippen LogP contribution is -2.48. The van der Waals surface area contributed by atoms with E-state index in [1.807, 2.05) is 30.3 Å². The minimum Gasteiger partial charge on any atom is -0.353 e. The molecule has 0 unspecified atom stereocenters. The Morgan fingerprint density at radius 2 is 1.68 bits per heavy atom. The Hall–Kier alpha value is -1.96. The smallest absolute Gasteiger partial charge is 0.236 e. The molecule has 3 rings (SSSR count). The number of hydrogen-bond donors (Lipinski definition) is 1. The van der Waals surface area contributed by atoms with Gasteiger partial charge >= 0.3 is 0 Å². The number of carbonyl (C=O) groups excluding carboxylic acids is 1. The normalized spacial score (nSPS) is 20.1. The van der Waals surface area contributed by atoms with Crippen LogP contribution in [0, 0.1) is 5.92 Å². The van der Waals surface area contributed by atoms with Crippen LogP contribution in [-0.2, 0) is 14.8 Å². The number of sulfonamides is 1. The zero-order valence-electron chi connectivity index (χ0n) is 18.7. The number of nitrogens with one attached hydrogen (secondary N) is 1. The minimum absolute atomic E-state index is 0.0830. The van der Waals surface area contributed by atoms with Gasteiger partial charge < -0.3 is 5.32 Å². The van der Waals surface area contributed by atoms with Gasteiger partial charge in [0, 0.05) is 50.1 Å². The van der Waals surface area contributed by atoms with E-state index >= 15 is 0 Å². The first kappa shape index (κ1) is 23.7. The Balaban J connectivity index is 1.42. The number of carbonyl (C=O) groups is 1. The first-order valence-electron chi connectivity index (χ1n) is 11.2. The molecule has 0 atom stereocenters. The number of allylic oxidation sites excluding steroid dienone is 1. The maximum Gasteiger partial charge on any atom is 0.236 e. The lowest BCUT2D eigenvalue weighted by atomic mass is 9.96. The third-order valence-corrected chi connectivity index (χ3v) is 7.67. The van der Waals surface area contributed by atoms with E-state index in [0.29, 0.717) is 25.9 Å². The fourth-order valence-electron chi connectivity index (χ4n) is 4.08. The molecule has 1 aromatic rings. The van der Waals surface area contributed by atoms with Crippen LogP contribution >= 0.6 is 0 Å². The summed E-state index contributed by atoms with van der Waals surface area (Å²) < 4.78 is 26.7. The summed E-state index contributed by atoms with van der Waals surface area (Å²) >= 11 is 0. The lowest BCUT2D eigenvalue weighted by Gasteiger charge is -2.34. The summed E-state index contributed by atoms with van der Waals surface area (Å²) in [5, 5.41) is 4.48. The largest absolute Gasteiger partial charge is 0.353 e. The molecule has 2 aliphatic heterocycles. The van der Waals surface area contributed by atoms with Crippen LogP contribution in [0.15, 0.2) is 47.4 Å². The highest BCUT2D eigenvalue weighted by molar-refractivity contribution is 7.92. The van der Waals surface area contributed by atoms with Crippen LogP contribution in [0.4, 0.5) is 0 Å². The van der Waals surface area contributed by atoms with Gasteiger partial charge in [-0.2, -0.15) is 4.31 Å². The third kappa shape index (κ3) is 7.30. The Labute approximate surface area is 187 Å². The molecule has 2 fully saturated rings. The molecule has 6 nitrogen and oxygen atoms in total. The molecule has 0 aliphatic carbocycles. The minimum atomic E-state index is -3.46. The van der Waals surface area contributed by atoms with E-state index in [-0.39, 0.29) is 17.9 Å². The van der Waals surface area contributed by atoms with Gasteiger partial charge in [-0.05, 0) is 51.2 Å². The summed E-state index contributed by atoms with van der Waals surface area (Å²) in [5.74, 6) is -0.0205. The summed E-state index contributed by atoms with van der Waals surface area (Å²) in [4.78, 5) is 15.1. The van der Waals surface area contributed by atoms with Crippen molar-refractivity contribution in [1.82, 2.24) is 14.5 Å². The number of piperidine rings is 2. The van der Waals surface area contributed by atoms with E-state index in [1.54, 1.807) is 6.08 Å². The van der Waals surface area contributed by atoms with Crippen molar-refractivity contribution in [3.63, 3.8) is 0 Å². The van der Waals surface area contributed by atoms with E-state index in [4.69, 9.17) is 0 Å².